The van der Waals surface area contributed by atoms with Crippen LogP contribution in [0.4, 0.5) is 0 Å². The highest BCUT2D eigenvalue weighted by atomic mass is 16.4. The number of carbonyl (C=O) groups is 2. The van der Waals surface area contributed by atoms with E-state index in [2.05, 4.69) is 79.0 Å². The first-order valence-electron chi connectivity index (χ1n) is 27.5. The first-order valence-corrected chi connectivity index (χ1v) is 27.5. The number of aliphatic carboxylic acids is 2. The molecule has 6 nitrogen and oxygen atoms in total. The molecule has 0 aliphatic heterocycles. The van der Waals surface area contributed by atoms with Crippen LogP contribution in [-0.2, 0) is 9.59 Å². The summed E-state index contributed by atoms with van der Waals surface area (Å²) in [6.07, 6.45) is 40.7. The minimum Gasteiger partial charge on any atom is -0.481 e. The summed E-state index contributed by atoms with van der Waals surface area (Å²) in [4.78, 5) is 31.0. The summed E-state index contributed by atoms with van der Waals surface area (Å²) >= 11 is 0. The maximum atomic E-state index is 12.8. The molecule has 0 spiro atoms. The molecule has 0 saturated heterocycles. The third-order valence-corrected chi connectivity index (χ3v) is 14.6. The molecule has 2 N–H and O–H groups in total. The lowest BCUT2D eigenvalue weighted by Crippen LogP contribution is -2.50. The molecule has 0 saturated carbocycles. The minimum atomic E-state index is -0.533. The Hall–Kier alpha value is -1.14. The molecule has 0 rings (SSSR count). The average Bonchev–Trinajstić information content (AvgIpc) is 3.21. The van der Waals surface area contributed by atoms with E-state index in [1.54, 1.807) is 0 Å². The molecular weight excluding hydrogens is 765 g/mol. The van der Waals surface area contributed by atoms with Crippen LogP contribution in [0.15, 0.2) is 0 Å². The fourth-order valence-electron chi connectivity index (χ4n) is 10.1. The van der Waals surface area contributed by atoms with Gasteiger partial charge in [-0.2, -0.15) is 0 Å². The summed E-state index contributed by atoms with van der Waals surface area (Å²) in [5, 5.41) is 21.0. The van der Waals surface area contributed by atoms with E-state index in [1.165, 1.54) is 128 Å². The number of unbranched alkanes of at least 4 members (excludes halogenated alkanes) is 24. The van der Waals surface area contributed by atoms with Gasteiger partial charge in [-0.25, -0.2) is 0 Å². The largest absolute Gasteiger partial charge is 0.481 e. The highest BCUT2D eigenvalue weighted by Gasteiger charge is 2.38. The van der Waals surface area contributed by atoms with E-state index in [4.69, 9.17) is 0 Å². The molecule has 0 aromatic carbocycles. The van der Waals surface area contributed by atoms with E-state index in [9.17, 15) is 19.8 Å². The Kier molecular flexibility index (Phi) is 36.3. The zero-order chi connectivity index (χ0) is 46.6. The fourth-order valence-corrected chi connectivity index (χ4v) is 10.1. The van der Waals surface area contributed by atoms with Crippen molar-refractivity contribution in [1.82, 2.24) is 9.80 Å². The average molecular weight is 878 g/mol. The smallest absolute Gasteiger partial charge is 0.309 e. The van der Waals surface area contributed by atoms with Crippen LogP contribution in [0.1, 0.15) is 300 Å². The lowest BCUT2D eigenvalue weighted by atomic mass is 9.74. The molecule has 62 heavy (non-hydrogen) atoms. The van der Waals surface area contributed by atoms with Gasteiger partial charge in [0.25, 0.3) is 0 Å². The first-order chi connectivity index (χ1) is 29.5. The molecular formula is C56H112N2O4. The van der Waals surface area contributed by atoms with E-state index in [-0.39, 0.29) is 11.1 Å². The SMILES string of the molecule is CCCCCCCCC(CCCCCC)(CCCCCCCN(CCN(CCCCCCCC(CCCCCC)(CCCCCCCC)C(=O)O)C(C)(C)C)C(C)(C)C)C(=O)O. The Labute approximate surface area is 388 Å². The third-order valence-electron chi connectivity index (χ3n) is 14.6. The second kappa shape index (κ2) is 37.0. The van der Waals surface area contributed by atoms with Crippen molar-refractivity contribution in [3.8, 4) is 0 Å². The van der Waals surface area contributed by atoms with Crippen molar-refractivity contribution in [3.05, 3.63) is 0 Å². The van der Waals surface area contributed by atoms with Crippen molar-refractivity contribution in [2.24, 2.45) is 10.8 Å². The number of carboxylic acids is 2. The number of hydrogen-bond acceptors (Lipinski definition) is 4. The second-order valence-electron chi connectivity index (χ2n) is 22.2. The van der Waals surface area contributed by atoms with E-state index in [0.29, 0.717) is 0 Å². The van der Waals surface area contributed by atoms with Gasteiger partial charge in [0.2, 0.25) is 0 Å². The molecule has 0 aromatic rings. The molecule has 2 atom stereocenters. The number of rotatable bonds is 45. The van der Waals surface area contributed by atoms with Crippen LogP contribution in [0.3, 0.4) is 0 Å². The number of nitrogens with zero attached hydrogens (tertiary/aromatic N) is 2. The molecule has 0 bridgehead atoms. The third kappa shape index (κ3) is 29.4. The molecule has 0 aromatic heterocycles. The van der Waals surface area contributed by atoms with E-state index in [0.717, 1.165) is 129 Å². The summed E-state index contributed by atoms with van der Waals surface area (Å²) in [6.45, 7) is 27.5. The van der Waals surface area contributed by atoms with E-state index in [1.807, 2.05) is 0 Å². The highest BCUT2D eigenvalue weighted by Crippen LogP contribution is 2.39. The van der Waals surface area contributed by atoms with Crippen molar-refractivity contribution in [2.45, 2.75) is 311 Å². The van der Waals surface area contributed by atoms with Gasteiger partial charge in [0.15, 0.2) is 0 Å². The highest BCUT2D eigenvalue weighted by molar-refractivity contribution is 5.75. The predicted molar refractivity (Wildman–Crippen MR) is 272 cm³/mol. The normalized spacial score (nSPS) is 14.5. The Balaban J connectivity index is 4.99. The van der Waals surface area contributed by atoms with Gasteiger partial charge < -0.3 is 10.2 Å². The molecule has 0 aliphatic carbocycles. The van der Waals surface area contributed by atoms with Gasteiger partial charge in [-0.15, -0.1) is 0 Å². The zero-order valence-electron chi connectivity index (χ0n) is 43.9. The standard InChI is InChI=1S/C56H112N2O4/c1-11-15-19-23-27-35-43-55(51(59)60,41-33-21-17-13-3)45-37-29-25-31-39-47-57(53(5,6)7)49-50-58(54(8,9)10)48-40-32-26-30-38-46-56(52(61)62,42-34-22-18-14-4)44-36-28-24-20-16-12-2/h11-50H2,1-10H3,(H,59,60)(H,61,62). The Bertz CT molecular complexity index is 968. The molecule has 0 heterocycles. The van der Waals surface area contributed by atoms with Crippen LogP contribution in [-0.4, -0.2) is 69.2 Å². The maximum absolute atomic E-state index is 12.8. The van der Waals surface area contributed by atoms with Crippen LogP contribution in [0.5, 0.6) is 0 Å². The summed E-state index contributed by atoms with van der Waals surface area (Å²) in [5.41, 5.74) is -0.796. The maximum Gasteiger partial charge on any atom is 0.309 e. The zero-order valence-corrected chi connectivity index (χ0v) is 43.9. The number of hydrogen-bond donors (Lipinski definition) is 2. The van der Waals surface area contributed by atoms with Gasteiger partial charge >= 0.3 is 11.9 Å². The van der Waals surface area contributed by atoms with Gasteiger partial charge in [0.1, 0.15) is 0 Å². The van der Waals surface area contributed by atoms with E-state index >= 15 is 0 Å². The van der Waals surface area contributed by atoms with Crippen LogP contribution in [0, 0.1) is 10.8 Å². The summed E-state index contributed by atoms with van der Waals surface area (Å²) < 4.78 is 0. The molecule has 370 valence electrons. The molecule has 0 fully saturated rings. The van der Waals surface area contributed by atoms with Gasteiger partial charge in [0, 0.05) is 24.2 Å². The molecule has 6 heteroatoms. The van der Waals surface area contributed by atoms with Gasteiger partial charge in [-0.1, -0.05) is 207 Å². The Morgan fingerprint density at radius 2 is 0.500 bits per heavy atom. The Morgan fingerprint density at radius 3 is 0.710 bits per heavy atom. The van der Waals surface area contributed by atoms with Crippen LogP contribution >= 0.6 is 0 Å². The van der Waals surface area contributed by atoms with Crippen LogP contribution in [0.2, 0.25) is 0 Å². The fraction of sp³-hybridized carbons (Fsp3) is 0.964. The van der Waals surface area contributed by atoms with Crippen molar-refractivity contribution >= 4 is 11.9 Å². The van der Waals surface area contributed by atoms with E-state index < -0.39 is 22.8 Å². The lowest BCUT2D eigenvalue weighted by molar-refractivity contribution is -0.151. The first kappa shape index (κ1) is 60.9. The van der Waals surface area contributed by atoms with Crippen molar-refractivity contribution in [3.63, 3.8) is 0 Å². The van der Waals surface area contributed by atoms with Crippen molar-refractivity contribution in [2.75, 3.05) is 26.2 Å². The van der Waals surface area contributed by atoms with Crippen molar-refractivity contribution in [1.29, 1.82) is 0 Å². The number of carboxylic acid groups (broad SMARTS) is 2. The molecule has 0 amide bonds. The van der Waals surface area contributed by atoms with Gasteiger partial charge in [-0.3, -0.25) is 19.4 Å². The van der Waals surface area contributed by atoms with Crippen LogP contribution < -0.4 is 0 Å². The van der Waals surface area contributed by atoms with Gasteiger partial charge in [0.05, 0.1) is 10.8 Å². The Morgan fingerprint density at radius 1 is 0.306 bits per heavy atom. The molecule has 0 radical (unpaired) electrons. The molecule has 0 aliphatic rings. The summed E-state index contributed by atoms with van der Waals surface area (Å²) in [5.74, 6) is -1.07. The quantitative estimate of drug-likeness (QED) is 0.0593. The monoisotopic (exact) mass is 877 g/mol. The summed E-state index contributed by atoms with van der Waals surface area (Å²) in [7, 11) is 0. The molecule has 2 unspecified atom stereocenters. The van der Waals surface area contributed by atoms with Crippen LogP contribution in [0.25, 0.3) is 0 Å². The van der Waals surface area contributed by atoms with Gasteiger partial charge in [-0.05, 0) is 106 Å². The second-order valence-corrected chi connectivity index (χ2v) is 22.2. The minimum absolute atomic E-state index is 0.120. The van der Waals surface area contributed by atoms with Crippen molar-refractivity contribution < 1.29 is 19.8 Å². The topological polar surface area (TPSA) is 81.1 Å². The predicted octanol–water partition coefficient (Wildman–Crippen LogP) is 17.5. The summed E-state index contributed by atoms with van der Waals surface area (Å²) in [6, 6.07) is 0. The lowest BCUT2D eigenvalue weighted by Gasteiger charge is -2.41.